The third-order valence-corrected chi connectivity index (χ3v) is 8.85. The summed E-state index contributed by atoms with van der Waals surface area (Å²) < 4.78 is 8.09. The number of ether oxygens (including phenoxy) is 1. The number of aliphatic hydroxyl groups excluding tert-OH is 1. The SMILES string of the molecule is C=CCOc1cccc(C2/C(=C(\O)c3c(C)nc4ccccn34)C(=O)C(=O)N2c2nnc(SCc3ccccc3)s2)c1. The van der Waals surface area contributed by atoms with Crippen LogP contribution in [0.5, 0.6) is 5.75 Å². The van der Waals surface area contributed by atoms with Gasteiger partial charge in [-0.05, 0) is 42.3 Å². The highest BCUT2D eigenvalue weighted by Gasteiger charge is 2.49. The molecule has 1 unspecified atom stereocenters. The van der Waals surface area contributed by atoms with Crippen LogP contribution in [-0.2, 0) is 15.3 Å². The van der Waals surface area contributed by atoms with Crippen molar-refractivity contribution >= 4 is 51.3 Å². The van der Waals surface area contributed by atoms with E-state index in [1.807, 2.05) is 36.4 Å². The van der Waals surface area contributed by atoms with Crippen molar-refractivity contribution in [2.75, 3.05) is 11.5 Å². The van der Waals surface area contributed by atoms with Crippen LogP contribution in [0.25, 0.3) is 11.4 Å². The summed E-state index contributed by atoms with van der Waals surface area (Å²) in [5, 5.41) is 20.6. The Morgan fingerprint density at radius 3 is 2.71 bits per heavy atom. The molecule has 2 aromatic carbocycles. The number of carbonyl (C=O) groups is 2. The molecule has 0 saturated carbocycles. The Kier molecular flexibility index (Phi) is 7.60. The predicted octanol–water partition coefficient (Wildman–Crippen LogP) is 5.98. The average molecular weight is 596 g/mol. The number of imidazole rings is 1. The van der Waals surface area contributed by atoms with E-state index in [1.165, 1.54) is 28.0 Å². The van der Waals surface area contributed by atoms with E-state index < -0.39 is 17.7 Å². The van der Waals surface area contributed by atoms with Crippen molar-refractivity contribution in [2.24, 2.45) is 0 Å². The second-order valence-electron chi connectivity index (χ2n) is 9.44. The maximum absolute atomic E-state index is 13.7. The molecule has 4 heterocycles. The Labute approximate surface area is 249 Å². The molecule has 3 aromatic heterocycles. The minimum atomic E-state index is -0.981. The number of hydrogen-bond donors (Lipinski definition) is 1. The fourth-order valence-electron chi connectivity index (χ4n) is 4.88. The summed E-state index contributed by atoms with van der Waals surface area (Å²) in [6.07, 6.45) is 3.38. The number of pyridine rings is 1. The molecule has 6 rings (SSSR count). The molecule has 0 spiro atoms. The van der Waals surface area contributed by atoms with Gasteiger partial charge < -0.3 is 9.84 Å². The van der Waals surface area contributed by atoms with Crippen molar-refractivity contribution in [3.8, 4) is 5.75 Å². The van der Waals surface area contributed by atoms with Crippen molar-refractivity contribution in [1.82, 2.24) is 19.6 Å². The van der Waals surface area contributed by atoms with Gasteiger partial charge in [-0.25, -0.2) is 4.98 Å². The summed E-state index contributed by atoms with van der Waals surface area (Å²) in [4.78, 5) is 33.2. The zero-order valence-corrected chi connectivity index (χ0v) is 24.1. The quantitative estimate of drug-likeness (QED) is 0.0554. The third kappa shape index (κ3) is 5.08. The highest BCUT2D eigenvalue weighted by Crippen LogP contribution is 2.45. The van der Waals surface area contributed by atoms with Crippen LogP contribution < -0.4 is 9.64 Å². The number of aryl methyl sites for hydroxylation is 1. The van der Waals surface area contributed by atoms with Crippen LogP contribution in [0.4, 0.5) is 5.13 Å². The van der Waals surface area contributed by atoms with Gasteiger partial charge in [-0.1, -0.05) is 84.3 Å². The van der Waals surface area contributed by atoms with E-state index in [-0.39, 0.29) is 23.1 Å². The van der Waals surface area contributed by atoms with Crippen LogP contribution in [0.15, 0.2) is 102 Å². The molecule has 0 radical (unpaired) electrons. The Hall–Kier alpha value is -4.74. The van der Waals surface area contributed by atoms with Crippen LogP contribution in [0, 0.1) is 6.92 Å². The molecule has 5 aromatic rings. The lowest BCUT2D eigenvalue weighted by molar-refractivity contribution is -0.132. The lowest BCUT2D eigenvalue weighted by atomic mass is 9.96. The van der Waals surface area contributed by atoms with Gasteiger partial charge in [0.1, 0.15) is 23.7 Å². The van der Waals surface area contributed by atoms with E-state index in [0.29, 0.717) is 38.4 Å². The monoisotopic (exact) mass is 595 g/mol. The highest BCUT2D eigenvalue weighted by atomic mass is 32.2. The van der Waals surface area contributed by atoms with Crippen molar-refractivity contribution < 1.29 is 19.4 Å². The van der Waals surface area contributed by atoms with Gasteiger partial charge in [-0.15, -0.1) is 10.2 Å². The second-order valence-corrected chi connectivity index (χ2v) is 11.6. The standard InChI is InChI=1S/C31H25N5O4S2/c1-3-16-40-22-13-9-12-21(17-22)26-24(27(37)25-19(2)32-23-14-7-8-15-35(23)25)28(38)29(39)36(26)30-33-34-31(42-30)41-18-20-10-5-4-6-11-20/h3-15,17,26,37H,1,16,18H2,2H3/b27-24+. The van der Waals surface area contributed by atoms with Crippen LogP contribution in [0.2, 0.25) is 0 Å². The second kappa shape index (κ2) is 11.6. The summed E-state index contributed by atoms with van der Waals surface area (Å²) >= 11 is 2.71. The number of aliphatic hydroxyl groups is 1. The van der Waals surface area contributed by atoms with Gasteiger partial charge >= 0.3 is 5.91 Å². The number of carbonyl (C=O) groups excluding carboxylic acids is 2. The summed E-state index contributed by atoms with van der Waals surface area (Å²) in [5.41, 5.74) is 3.08. The van der Waals surface area contributed by atoms with Crippen LogP contribution in [-0.4, -0.2) is 43.0 Å². The molecular weight excluding hydrogens is 571 g/mol. The molecule has 1 fully saturated rings. The number of thioether (sulfide) groups is 1. The van der Waals surface area contributed by atoms with E-state index >= 15 is 0 Å². The molecule has 42 heavy (non-hydrogen) atoms. The van der Waals surface area contributed by atoms with Gasteiger partial charge in [0.05, 0.1) is 17.3 Å². The molecule has 1 aliphatic heterocycles. The lowest BCUT2D eigenvalue weighted by Crippen LogP contribution is -2.29. The minimum Gasteiger partial charge on any atom is -0.505 e. The first-order valence-corrected chi connectivity index (χ1v) is 14.9. The summed E-state index contributed by atoms with van der Waals surface area (Å²) in [7, 11) is 0. The largest absolute Gasteiger partial charge is 0.505 e. The molecule has 0 bridgehead atoms. The third-order valence-electron chi connectivity index (χ3n) is 6.72. The molecule has 11 heteroatoms. The van der Waals surface area contributed by atoms with E-state index in [2.05, 4.69) is 21.8 Å². The number of amides is 1. The van der Waals surface area contributed by atoms with Crippen molar-refractivity contribution in [2.45, 2.75) is 23.1 Å². The highest BCUT2D eigenvalue weighted by molar-refractivity contribution is 8.00. The molecule has 210 valence electrons. The number of anilines is 1. The first kappa shape index (κ1) is 27.4. The van der Waals surface area contributed by atoms with Gasteiger partial charge in [-0.2, -0.15) is 0 Å². The maximum atomic E-state index is 13.7. The number of aromatic nitrogens is 4. The van der Waals surface area contributed by atoms with Crippen LogP contribution in [0.3, 0.4) is 0 Å². The predicted molar refractivity (Wildman–Crippen MR) is 163 cm³/mol. The van der Waals surface area contributed by atoms with E-state index in [0.717, 1.165) is 5.56 Å². The van der Waals surface area contributed by atoms with Crippen molar-refractivity contribution in [3.63, 3.8) is 0 Å². The summed E-state index contributed by atoms with van der Waals surface area (Å²) in [6, 6.07) is 21.5. The molecule has 0 aliphatic carbocycles. The van der Waals surface area contributed by atoms with Gasteiger partial charge in [-0.3, -0.25) is 18.9 Å². The minimum absolute atomic E-state index is 0.0664. The maximum Gasteiger partial charge on any atom is 0.301 e. The van der Waals surface area contributed by atoms with Gasteiger partial charge in [0, 0.05) is 11.9 Å². The van der Waals surface area contributed by atoms with Crippen LogP contribution >= 0.6 is 23.1 Å². The lowest BCUT2D eigenvalue weighted by Gasteiger charge is -2.23. The number of benzene rings is 2. The molecule has 1 N–H and O–H groups in total. The topological polar surface area (TPSA) is 110 Å². The number of Topliss-reactive ketones (excluding diaryl/α,β-unsaturated/α-hetero) is 1. The zero-order chi connectivity index (χ0) is 29.2. The zero-order valence-electron chi connectivity index (χ0n) is 22.5. The first-order valence-electron chi connectivity index (χ1n) is 13.0. The fraction of sp³-hybridized carbons (Fsp3) is 0.129. The smallest absolute Gasteiger partial charge is 0.301 e. The Morgan fingerprint density at radius 2 is 1.90 bits per heavy atom. The fourth-order valence-corrected chi connectivity index (χ4v) is 6.70. The van der Waals surface area contributed by atoms with E-state index in [4.69, 9.17) is 4.74 Å². The number of ketones is 1. The Bertz CT molecular complexity index is 1850. The van der Waals surface area contributed by atoms with Gasteiger partial charge in [0.2, 0.25) is 5.13 Å². The van der Waals surface area contributed by atoms with E-state index in [9.17, 15) is 14.7 Å². The average Bonchev–Trinajstić information content (AvgIpc) is 3.69. The Morgan fingerprint density at radius 1 is 1.10 bits per heavy atom. The van der Waals surface area contributed by atoms with E-state index in [1.54, 1.807) is 60.0 Å². The van der Waals surface area contributed by atoms with Gasteiger partial charge in [0.15, 0.2) is 10.1 Å². The molecular formula is C31H25N5O4S2. The van der Waals surface area contributed by atoms with Crippen molar-refractivity contribution in [3.05, 3.63) is 120 Å². The normalized spacial score (nSPS) is 16.3. The first-order chi connectivity index (χ1) is 20.5. The Balaban J connectivity index is 1.46. The molecule has 1 saturated heterocycles. The summed E-state index contributed by atoms with van der Waals surface area (Å²) in [5.74, 6) is -0.749. The van der Waals surface area contributed by atoms with Gasteiger partial charge in [0.25, 0.3) is 5.78 Å². The number of hydrogen-bond acceptors (Lipinski definition) is 9. The summed E-state index contributed by atoms with van der Waals surface area (Å²) in [6.45, 7) is 5.72. The number of fused-ring (bicyclic) bond motifs is 1. The molecule has 1 atom stereocenters. The number of rotatable bonds is 9. The molecule has 9 nitrogen and oxygen atoms in total. The van der Waals surface area contributed by atoms with Crippen molar-refractivity contribution in [1.29, 1.82) is 0 Å². The number of nitrogens with zero attached hydrogens (tertiary/aromatic N) is 5. The van der Waals surface area contributed by atoms with Crippen LogP contribution in [0.1, 0.15) is 28.6 Å². The molecule has 1 aliphatic rings. The molecule has 1 amide bonds.